The molecule has 1 aromatic carbocycles. The van der Waals surface area contributed by atoms with Crippen LogP contribution in [-0.4, -0.2) is 48.0 Å². The molecule has 0 unspecified atom stereocenters. The van der Waals surface area contributed by atoms with Crippen LogP contribution in [0.25, 0.3) is 0 Å². The summed E-state index contributed by atoms with van der Waals surface area (Å²) in [6, 6.07) is 5.15. The predicted molar refractivity (Wildman–Crippen MR) is 90.6 cm³/mol. The number of hydrogen-bond donors (Lipinski definition) is 1. The van der Waals surface area contributed by atoms with Gasteiger partial charge in [0.05, 0.1) is 24.9 Å². The maximum Gasteiger partial charge on any atom is 0.165 e. The summed E-state index contributed by atoms with van der Waals surface area (Å²) in [5.41, 5.74) is 0.792. The standard InChI is InChI=1S/C19H28FNO3/c1-3-16-11-15(22)12-19(24-16)6-8-21(9-7-19)13-14-4-5-18(23-2)17(20)10-14/h4-5,10,15-16,22H,3,6-9,11-13H2,1-2H3/t15-,16+/m1/s1. The second kappa shape index (κ2) is 7.38. The number of halogens is 1. The molecule has 134 valence electrons. The lowest BCUT2D eigenvalue weighted by Crippen LogP contribution is -2.52. The molecule has 2 aliphatic rings. The number of rotatable bonds is 4. The lowest BCUT2D eigenvalue weighted by atomic mass is 9.81. The van der Waals surface area contributed by atoms with Gasteiger partial charge in [0.25, 0.3) is 0 Å². The number of benzene rings is 1. The first kappa shape index (κ1) is 17.6. The normalized spacial score (nSPS) is 27.3. The summed E-state index contributed by atoms with van der Waals surface area (Å²) in [6.45, 7) is 4.67. The number of nitrogens with zero attached hydrogens (tertiary/aromatic N) is 1. The summed E-state index contributed by atoms with van der Waals surface area (Å²) < 4.78 is 25.1. The summed E-state index contributed by atoms with van der Waals surface area (Å²) in [5.74, 6) is -0.0282. The SMILES string of the molecule is CC[C@H]1C[C@@H](O)CC2(CCN(Cc3ccc(OC)c(F)c3)CC2)O1. The Balaban J connectivity index is 1.58. The Morgan fingerprint density at radius 1 is 1.38 bits per heavy atom. The molecule has 2 atom stereocenters. The Morgan fingerprint density at radius 2 is 2.12 bits per heavy atom. The van der Waals surface area contributed by atoms with Crippen LogP contribution in [0.3, 0.4) is 0 Å². The average Bonchev–Trinajstić information content (AvgIpc) is 2.57. The minimum absolute atomic E-state index is 0.167. The molecule has 3 rings (SSSR count). The molecule has 1 N–H and O–H groups in total. The highest BCUT2D eigenvalue weighted by Crippen LogP contribution is 2.38. The van der Waals surface area contributed by atoms with Gasteiger partial charge in [-0.25, -0.2) is 4.39 Å². The van der Waals surface area contributed by atoms with Crippen LogP contribution in [0.15, 0.2) is 18.2 Å². The molecule has 1 aromatic rings. The monoisotopic (exact) mass is 337 g/mol. The summed E-state index contributed by atoms with van der Waals surface area (Å²) in [5, 5.41) is 10.2. The van der Waals surface area contributed by atoms with Crippen LogP contribution < -0.4 is 4.74 Å². The highest BCUT2D eigenvalue weighted by atomic mass is 19.1. The lowest BCUT2D eigenvalue weighted by molar-refractivity contribution is -0.182. The molecule has 2 aliphatic heterocycles. The van der Waals surface area contributed by atoms with Crippen molar-refractivity contribution in [3.05, 3.63) is 29.6 Å². The van der Waals surface area contributed by atoms with Crippen LogP contribution in [-0.2, 0) is 11.3 Å². The summed E-state index contributed by atoms with van der Waals surface area (Å²) in [4.78, 5) is 2.33. The van der Waals surface area contributed by atoms with Gasteiger partial charge in [0.2, 0.25) is 0 Å². The fraction of sp³-hybridized carbons (Fsp3) is 0.684. The van der Waals surface area contributed by atoms with E-state index in [0.29, 0.717) is 0 Å². The fourth-order valence-corrected chi connectivity index (χ4v) is 4.02. The van der Waals surface area contributed by atoms with Crippen LogP contribution in [0.2, 0.25) is 0 Å². The van der Waals surface area contributed by atoms with Crippen molar-refractivity contribution in [3.8, 4) is 5.75 Å². The van der Waals surface area contributed by atoms with Gasteiger partial charge >= 0.3 is 0 Å². The van der Waals surface area contributed by atoms with Crippen molar-refractivity contribution in [3.63, 3.8) is 0 Å². The van der Waals surface area contributed by atoms with Crippen molar-refractivity contribution in [1.29, 1.82) is 0 Å². The molecule has 1 spiro atoms. The molecule has 0 bridgehead atoms. The number of aliphatic hydroxyl groups is 1. The molecule has 2 fully saturated rings. The van der Waals surface area contributed by atoms with Gasteiger partial charge in [-0.1, -0.05) is 13.0 Å². The van der Waals surface area contributed by atoms with Gasteiger partial charge in [-0.2, -0.15) is 0 Å². The first-order chi connectivity index (χ1) is 11.5. The molecule has 2 heterocycles. The third-order valence-electron chi connectivity index (χ3n) is 5.40. The molecule has 4 nitrogen and oxygen atoms in total. The van der Waals surface area contributed by atoms with Crippen LogP contribution in [0.4, 0.5) is 4.39 Å². The number of likely N-dealkylation sites (tertiary alicyclic amines) is 1. The Bertz CT molecular complexity index is 558. The zero-order valence-electron chi connectivity index (χ0n) is 14.6. The van der Waals surface area contributed by atoms with Crippen molar-refractivity contribution >= 4 is 0 Å². The van der Waals surface area contributed by atoms with Crippen LogP contribution >= 0.6 is 0 Å². The van der Waals surface area contributed by atoms with Crippen LogP contribution in [0, 0.1) is 5.82 Å². The zero-order valence-corrected chi connectivity index (χ0v) is 14.6. The van der Waals surface area contributed by atoms with E-state index in [-0.39, 0.29) is 29.4 Å². The second-order valence-corrected chi connectivity index (χ2v) is 7.17. The number of aliphatic hydroxyl groups excluding tert-OH is 1. The van der Waals surface area contributed by atoms with Gasteiger partial charge in [-0.3, -0.25) is 4.90 Å². The molecule has 24 heavy (non-hydrogen) atoms. The maximum absolute atomic E-state index is 13.8. The molecule has 0 aliphatic carbocycles. The van der Waals surface area contributed by atoms with Crippen molar-refractivity contribution < 1.29 is 19.0 Å². The number of hydrogen-bond acceptors (Lipinski definition) is 4. The number of methoxy groups -OCH3 is 1. The van der Waals surface area contributed by atoms with E-state index in [1.165, 1.54) is 7.11 Å². The molecule has 0 radical (unpaired) electrons. The van der Waals surface area contributed by atoms with Crippen LogP contribution in [0.1, 0.15) is 44.6 Å². The zero-order chi connectivity index (χ0) is 17.2. The Kier molecular flexibility index (Phi) is 5.42. The Labute approximate surface area is 143 Å². The second-order valence-electron chi connectivity index (χ2n) is 7.17. The highest BCUT2D eigenvalue weighted by molar-refractivity contribution is 5.29. The molecule has 5 heteroatoms. The van der Waals surface area contributed by atoms with E-state index in [1.54, 1.807) is 12.1 Å². The molecule has 0 saturated carbocycles. The van der Waals surface area contributed by atoms with Gasteiger partial charge in [0.15, 0.2) is 11.6 Å². The van der Waals surface area contributed by atoms with E-state index in [2.05, 4.69) is 11.8 Å². The van der Waals surface area contributed by atoms with E-state index in [1.807, 2.05) is 6.07 Å². The number of ether oxygens (including phenoxy) is 2. The van der Waals surface area contributed by atoms with Gasteiger partial charge in [0, 0.05) is 26.1 Å². The molecule has 2 saturated heterocycles. The van der Waals surface area contributed by atoms with E-state index in [4.69, 9.17) is 9.47 Å². The topological polar surface area (TPSA) is 41.9 Å². The van der Waals surface area contributed by atoms with E-state index < -0.39 is 0 Å². The molecule has 0 amide bonds. The van der Waals surface area contributed by atoms with Gasteiger partial charge in [-0.15, -0.1) is 0 Å². The van der Waals surface area contributed by atoms with Gasteiger partial charge < -0.3 is 14.6 Å². The summed E-state index contributed by atoms with van der Waals surface area (Å²) in [6.07, 6.45) is 4.25. The fourth-order valence-electron chi connectivity index (χ4n) is 4.02. The Hall–Kier alpha value is -1.17. The first-order valence-corrected chi connectivity index (χ1v) is 8.94. The van der Waals surface area contributed by atoms with Crippen molar-refractivity contribution in [2.75, 3.05) is 20.2 Å². The maximum atomic E-state index is 13.8. The minimum Gasteiger partial charge on any atom is -0.494 e. The van der Waals surface area contributed by atoms with E-state index in [9.17, 15) is 9.50 Å². The van der Waals surface area contributed by atoms with Gasteiger partial charge in [0.1, 0.15) is 0 Å². The smallest absolute Gasteiger partial charge is 0.165 e. The first-order valence-electron chi connectivity index (χ1n) is 8.94. The average molecular weight is 337 g/mol. The molecule has 0 aromatic heterocycles. The Morgan fingerprint density at radius 3 is 2.75 bits per heavy atom. The molecular formula is C19H28FNO3. The third kappa shape index (κ3) is 3.90. The van der Waals surface area contributed by atoms with Crippen molar-refractivity contribution in [2.24, 2.45) is 0 Å². The third-order valence-corrected chi connectivity index (χ3v) is 5.40. The van der Waals surface area contributed by atoms with Crippen LogP contribution in [0.5, 0.6) is 5.75 Å². The lowest BCUT2D eigenvalue weighted by Gasteiger charge is -2.48. The number of piperidine rings is 1. The predicted octanol–water partition coefficient (Wildman–Crippen LogP) is 3.12. The summed E-state index contributed by atoms with van der Waals surface area (Å²) >= 11 is 0. The quantitative estimate of drug-likeness (QED) is 0.917. The minimum atomic E-state index is -0.312. The van der Waals surface area contributed by atoms with Crippen molar-refractivity contribution in [1.82, 2.24) is 4.90 Å². The van der Waals surface area contributed by atoms with Crippen molar-refractivity contribution in [2.45, 2.75) is 63.4 Å². The molecular weight excluding hydrogens is 309 g/mol. The van der Waals surface area contributed by atoms with E-state index >= 15 is 0 Å². The largest absolute Gasteiger partial charge is 0.494 e. The highest BCUT2D eigenvalue weighted by Gasteiger charge is 2.42. The summed E-state index contributed by atoms with van der Waals surface area (Å²) in [7, 11) is 1.48. The van der Waals surface area contributed by atoms with E-state index in [0.717, 1.165) is 57.3 Å². The van der Waals surface area contributed by atoms with Gasteiger partial charge in [-0.05, 0) is 43.4 Å².